The predicted octanol–water partition coefficient (Wildman–Crippen LogP) is 1.70. The van der Waals surface area contributed by atoms with Gasteiger partial charge in [-0.2, -0.15) is 5.26 Å². The topological polar surface area (TPSA) is 90.3 Å². The second-order valence-electron chi connectivity index (χ2n) is 5.35. The van der Waals surface area contributed by atoms with E-state index in [1.165, 1.54) is 24.3 Å². The molecule has 1 aromatic carbocycles. The van der Waals surface area contributed by atoms with Crippen LogP contribution >= 0.6 is 0 Å². The van der Waals surface area contributed by atoms with Crippen molar-refractivity contribution in [1.29, 1.82) is 5.26 Å². The molecule has 6 heteroatoms. The molecule has 0 radical (unpaired) electrons. The molecule has 4 amide bonds. The molecule has 1 N–H and O–H groups in total. The molecule has 106 valence electrons. The first-order valence-corrected chi connectivity index (χ1v) is 6.79. The second-order valence-corrected chi connectivity index (χ2v) is 5.35. The van der Waals surface area contributed by atoms with Gasteiger partial charge < -0.3 is 0 Å². The first-order chi connectivity index (χ1) is 10.1. The number of benzene rings is 1. The van der Waals surface area contributed by atoms with E-state index in [-0.39, 0.29) is 0 Å². The van der Waals surface area contributed by atoms with Crippen LogP contribution in [0.4, 0.5) is 10.5 Å². The van der Waals surface area contributed by atoms with Crippen molar-refractivity contribution in [2.45, 2.75) is 25.7 Å². The van der Waals surface area contributed by atoms with Gasteiger partial charge in [-0.05, 0) is 37.1 Å². The lowest BCUT2D eigenvalue weighted by Gasteiger charge is -2.36. The molecule has 0 bridgehead atoms. The SMILES string of the molecule is N#Cc1ccc(N2C(=O)NC(=O)C3(CCCC3)C2=O)cc1. The van der Waals surface area contributed by atoms with Gasteiger partial charge in [0.15, 0.2) is 0 Å². The van der Waals surface area contributed by atoms with Gasteiger partial charge in [-0.25, -0.2) is 9.69 Å². The molecule has 1 heterocycles. The van der Waals surface area contributed by atoms with Crippen molar-refractivity contribution in [3.05, 3.63) is 29.8 Å². The number of nitrogens with one attached hydrogen (secondary N) is 1. The fraction of sp³-hybridized carbons (Fsp3) is 0.333. The molecule has 1 saturated carbocycles. The maximum absolute atomic E-state index is 12.7. The van der Waals surface area contributed by atoms with Crippen LogP contribution in [-0.2, 0) is 9.59 Å². The minimum Gasteiger partial charge on any atom is -0.276 e. The Hall–Kier alpha value is -2.68. The highest BCUT2D eigenvalue weighted by molar-refractivity contribution is 6.30. The third-order valence-electron chi connectivity index (χ3n) is 4.18. The largest absolute Gasteiger partial charge is 0.335 e. The maximum atomic E-state index is 12.7. The van der Waals surface area contributed by atoms with Gasteiger partial charge >= 0.3 is 6.03 Å². The van der Waals surface area contributed by atoms with Gasteiger partial charge in [-0.1, -0.05) is 12.8 Å². The number of carbonyl (C=O) groups is 3. The van der Waals surface area contributed by atoms with Crippen LogP contribution in [0.1, 0.15) is 31.2 Å². The van der Waals surface area contributed by atoms with Crippen molar-refractivity contribution in [3.8, 4) is 6.07 Å². The molecule has 0 atom stereocenters. The monoisotopic (exact) mass is 283 g/mol. The second kappa shape index (κ2) is 4.70. The van der Waals surface area contributed by atoms with Gasteiger partial charge in [0.25, 0.3) is 5.91 Å². The van der Waals surface area contributed by atoms with Crippen LogP contribution < -0.4 is 10.2 Å². The van der Waals surface area contributed by atoms with Crippen molar-refractivity contribution in [1.82, 2.24) is 5.32 Å². The highest BCUT2D eigenvalue weighted by Crippen LogP contribution is 2.42. The predicted molar refractivity (Wildman–Crippen MR) is 73.1 cm³/mol. The molecule has 21 heavy (non-hydrogen) atoms. The molecular formula is C15H13N3O3. The zero-order valence-corrected chi connectivity index (χ0v) is 11.3. The standard InChI is InChI=1S/C15H13N3O3/c16-9-10-3-5-11(6-4-10)18-13(20)15(7-1-2-8-15)12(19)17-14(18)21/h3-6H,1-2,7-8H2,(H,17,19,21). The number of amides is 4. The highest BCUT2D eigenvalue weighted by atomic mass is 16.2. The highest BCUT2D eigenvalue weighted by Gasteiger charge is 2.55. The van der Waals surface area contributed by atoms with Gasteiger partial charge in [0.2, 0.25) is 5.91 Å². The Kier molecular flexibility index (Phi) is 2.98. The lowest BCUT2D eigenvalue weighted by molar-refractivity contribution is -0.142. The Morgan fingerprint density at radius 3 is 2.29 bits per heavy atom. The minimum atomic E-state index is -1.11. The van der Waals surface area contributed by atoms with Crippen molar-refractivity contribution in [3.63, 3.8) is 0 Å². The van der Waals surface area contributed by atoms with Crippen molar-refractivity contribution in [2.75, 3.05) is 4.90 Å². The molecule has 2 fully saturated rings. The van der Waals surface area contributed by atoms with Crippen LogP contribution in [0, 0.1) is 16.7 Å². The summed E-state index contributed by atoms with van der Waals surface area (Å²) in [6, 6.07) is 7.39. The summed E-state index contributed by atoms with van der Waals surface area (Å²) in [7, 11) is 0. The van der Waals surface area contributed by atoms with Crippen molar-refractivity contribution >= 4 is 23.5 Å². The van der Waals surface area contributed by atoms with E-state index in [2.05, 4.69) is 5.32 Å². The van der Waals surface area contributed by atoms with E-state index in [4.69, 9.17) is 5.26 Å². The van der Waals surface area contributed by atoms with E-state index < -0.39 is 23.3 Å². The Balaban J connectivity index is 2.00. The van der Waals surface area contributed by atoms with Crippen molar-refractivity contribution < 1.29 is 14.4 Å². The molecule has 1 aromatic rings. The van der Waals surface area contributed by atoms with Crippen LogP contribution in [-0.4, -0.2) is 17.8 Å². The summed E-state index contributed by atoms with van der Waals surface area (Å²) in [6.07, 6.45) is 2.54. The van der Waals surface area contributed by atoms with Crippen molar-refractivity contribution in [2.24, 2.45) is 5.41 Å². The first-order valence-electron chi connectivity index (χ1n) is 6.79. The van der Waals surface area contributed by atoms with E-state index in [9.17, 15) is 14.4 Å². The maximum Gasteiger partial charge on any atom is 0.335 e. The first kappa shape index (κ1) is 13.3. The van der Waals surface area contributed by atoms with Crippen LogP contribution in [0.3, 0.4) is 0 Å². The van der Waals surface area contributed by atoms with Crippen LogP contribution in [0.25, 0.3) is 0 Å². The minimum absolute atomic E-state index is 0.371. The normalized spacial score (nSPS) is 20.5. The summed E-state index contributed by atoms with van der Waals surface area (Å²) in [4.78, 5) is 37.8. The third kappa shape index (κ3) is 1.89. The summed E-state index contributed by atoms with van der Waals surface area (Å²) in [5, 5.41) is 11.1. The molecular weight excluding hydrogens is 270 g/mol. The lowest BCUT2D eigenvalue weighted by Crippen LogP contribution is -2.63. The zero-order valence-electron chi connectivity index (χ0n) is 11.3. The number of nitrogens with zero attached hydrogens (tertiary/aromatic N) is 2. The zero-order chi connectivity index (χ0) is 15.0. The summed E-state index contributed by atoms with van der Waals surface area (Å²) in [6.45, 7) is 0. The molecule has 1 aliphatic heterocycles. The molecule has 6 nitrogen and oxygen atoms in total. The number of carbonyl (C=O) groups excluding carboxylic acids is 3. The molecule has 1 saturated heterocycles. The van der Waals surface area contributed by atoms with E-state index in [1.54, 1.807) is 0 Å². The molecule has 1 spiro atoms. The van der Waals surface area contributed by atoms with E-state index in [0.29, 0.717) is 24.1 Å². The van der Waals surface area contributed by atoms with Crippen LogP contribution in [0.5, 0.6) is 0 Å². The fourth-order valence-corrected chi connectivity index (χ4v) is 3.02. The van der Waals surface area contributed by atoms with Crippen LogP contribution in [0.15, 0.2) is 24.3 Å². The Bertz CT molecular complexity index is 666. The van der Waals surface area contributed by atoms with Gasteiger partial charge in [0.1, 0.15) is 5.41 Å². The lowest BCUT2D eigenvalue weighted by atomic mass is 9.82. The number of hydrogen-bond donors (Lipinski definition) is 1. The average Bonchev–Trinajstić information content (AvgIpc) is 2.97. The molecule has 2 aliphatic rings. The van der Waals surface area contributed by atoms with E-state index in [1.807, 2.05) is 6.07 Å². The van der Waals surface area contributed by atoms with Gasteiger partial charge in [-0.3, -0.25) is 14.9 Å². The number of nitriles is 1. The number of imide groups is 2. The Labute approximate surface area is 121 Å². The number of barbiturate groups is 1. The Morgan fingerprint density at radius 2 is 1.71 bits per heavy atom. The van der Waals surface area contributed by atoms with Gasteiger partial charge in [-0.15, -0.1) is 0 Å². The quantitative estimate of drug-likeness (QED) is 0.794. The molecule has 3 rings (SSSR count). The summed E-state index contributed by atoms with van der Waals surface area (Å²) in [5.74, 6) is -0.946. The smallest absolute Gasteiger partial charge is 0.276 e. The summed E-state index contributed by atoms with van der Waals surface area (Å²) < 4.78 is 0. The molecule has 0 unspecified atom stereocenters. The Morgan fingerprint density at radius 1 is 1.10 bits per heavy atom. The van der Waals surface area contributed by atoms with Gasteiger partial charge in [0.05, 0.1) is 17.3 Å². The van der Waals surface area contributed by atoms with Crippen LogP contribution in [0.2, 0.25) is 0 Å². The summed E-state index contributed by atoms with van der Waals surface area (Å²) >= 11 is 0. The van der Waals surface area contributed by atoms with E-state index >= 15 is 0 Å². The molecule has 1 aliphatic carbocycles. The van der Waals surface area contributed by atoms with E-state index in [0.717, 1.165) is 17.7 Å². The summed E-state index contributed by atoms with van der Waals surface area (Å²) in [5.41, 5.74) is -0.299. The number of urea groups is 1. The number of anilines is 1. The number of hydrogen-bond acceptors (Lipinski definition) is 4. The number of rotatable bonds is 1. The third-order valence-corrected chi connectivity index (χ3v) is 4.18. The molecule has 0 aromatic heterocycles. The fourth-order valence-electron chi connectivity index (χ4n) is 3.02. The average molecular weight is 283 g/mol. The van der Waals surface area contributed by atoms with Gasteiger partial charge in [0, 0.05) is 0 Å².